The van der Waals surface area contributed by atoms with E-state index in [1.165, 1.54) is 5.56 Å². The fourth-order valence-corrected chi connectivity index (χ4v) is 3.49. The molecule has 0 bridgehead atoms. The number of aldehydes is 1. The number of amides is 1. The Morgan fingerprint density at radius 1 is 1.31 bits per heavy atom. The molecule has 1 atom stereocenters. The number of nitrogens with two attached hydrogens (primary N) is 1. The van der Waals surface area contributed by atoms with Gasteiger partial charge in [-0.25, -0.2) is 4.98 Å². The molecule has 0 saturated heterocycles. The maximum atomic E-state index is 11.9. The summed E-state index contributed by atoms with van der Waals surface area (Å²) in [5.41, 5.74) is 8.75. The zero-order chi connectivity index (χ0) is 18.8. The molecule has 0 spiro atoms. The third-order valence-electron chi connectivity index (χ3n) is 4.79. The summed E-state index contributed by atoms with van der Waals surface area (Å²) in [5.74, 6) is 0.646. The molecule has 0 fully saturated rings. The summed E-state index contributed by atoms with van der Waals surface area (Å²) in [5, 5.41) is 4.67. The molecule has 0 aliphatic heterocycles. The monoisotopic (exact) mass is 352 g/mol. The van der Waals surface area contributed by atoms with Crippen LogP contribution in [0.1, 0.15) is 44.2 Å². The van der Waals surface area contributed by atoms with Crippen LogP contribution >= 0.6 is 0 Å². The van der Waals surface area contributed by atoms with Crippen LogP contribution < -0.4 is 11.1 Å². The van der Waals surface area contributed by atoms with Gasteiger partial charge in [0.1, 0.15) is 17.8 Å². The molecule has 0 saturated carbocycles. The van der Waals surface area contributed by atoms with Gasteiger partial charge in [-0.15, -0.1) is 0 Å². The SMILES string of the molecule is CNC(=O)CCC(C=O)n1c2cccc(C(C)C)c2c2ccc(N)nc21. The second-order valence-corrected chi connectivity index (χ2v) is 6.79. The topological polar surface area (TPSA) is 90.0 Å². The average Bonchev–Trinajstić information content (AvgIpc) is 2.95. The first kappa shape index (κ1) is 17.9. The van der Waals surface area contributed by atoms with E-state index in [-0.39, 0.29) is 12.3 Å². The summed E-state index contributed by atoms with van der Waals surface area (Å²) < 4.78 is 1.92. The van der Waals surface area contributed by atoms with E-state index in [9.17, 15) is 9.59 Å². The zero-order valence-electron chi connectivity index (χ0n) is 15.3. The number of carbonyl (C=O) groups is 2. The number of benzene rings is 1. The van der Waals surface area contributed by atoms with Crippen LogP contribution in [0.4, 0.5) is 5.82 Å². The maximum Gasteiger partial charge on any atom is 0.219 e. The first-order chi connectivity index (χ1) is 12.5. The fourth-order valence-electron chi connectivity index (χ4n) is 3.49. The molecule has 0 radical (unpaired) electrons. The zero-order valence-corrected chi connectivity index (χ0v) is 15.3. The molecular weight excluding hydrogens is 328 g/mol. The van der Waals surface area contributed by atoms with E-state index >= 15 is 0 Å². The van der Waals surface area contributed by atoms with E-state index in [1.54, 1.807) is 13.1 Å². The normalized spacial score (nSPS) is 12.6. The van der Waals surface area contributed by atoms with Gasteiger partial charge < -0.3 is 20.4 Å². The Kier molecular flexibility index (Phi) is 4.93. The molecule has 1 unspecified atom stereocenters. The summed E-state index contributed by atoms with van der Waals surface area (Å²) in [6, 6.07) is 9.36. The molecule has 2 aromatic heterocycles. The van der Waals surface area contributed by atoms with Crippen molar-refractivity contribution in [3.63, 3.8) is 0 Å². The Hall–Kier alpha value is -2.89. The number of nitrogens with zero attached hydrogens (tertiary/aromatic N) is 2. The highest BCUT2D eigenvalue weighted by atomic mass is 16.1. The van der Waals surface area contributed by atoms with Crippen molar-refractivity contribution in [2.75, 3.05) is 12.8 Å². The highest BCUT2D eigenvalue weighted by Gasteiger charge is 2.22. The lowest BCUT2D eigenvalue weighted by atomic mass is 9.97. The van der Waals surface area contributed by atoms with E-state index in [4.69, 9.17) is 5.73 Å². The van der Waals surface area contributed by atoms with Crippen LogP contribution in [0.15, 0.2) is 30.3 Å². The lowest BCUT2D eigenvalue weighted by Crippen LogP contribution is -2.20. The van der Waals surface area contributed by atoms with Gasteiger partial charge in [0, 0.05) is 24.2 Å². The second kappa shape index (κ2) is 7.15. The second-order valence-electron chi connectivity index (χ2n) is 6.79. The molecule has 3 N–H and O–H groups in total. The summed E-state index contributed by atoms with van der Waals surface area (Å²) >= 11 is 0. The van der Waals surface area contributed by atoms with Gasteiger partial charge in [0.2, 0.25) is 5.91 Å². The van der Waals surface area contributed by atoms with Gasteiger partial charge in [0.05, 0.1) is 11.6 Å². The Labute approximate surface area is 152 Å². The van der Waals surface area contributed by atoms with Crippen molar-refractivity contribution in [1.29, 1.82) is 0 Å². The Morgan fingerprint density at radius 3 is 2.73 bits per heavy atom. The standard InChI is InChI=1S/C20H24N4O2/c1-12(2)14-5-4-6-16-19(14)15-8-9-17(21)23-20(15)24(16)13(11-25)7-10-18(26)22-3/h4-6,8-9,11-13H,7,10H2,1-3H3,(H2,21,23)(H,22,26). The van der Waals surface area contributed by atoms with Gasteiger partial charge in [-0.1, -0.05) is 26.0 Å². The van der Waals surface area contributed by atoms with Crippen molar-refractivity contribution in [3.05, 3.63) is 35.9 Å². The van der Waals surface area contributed by atoms with Crippen LogP contribution in [0.25, 0.3) is 21.9 Å². The summed E-state index contributed by atoms with van der Waals surface area (Å²) in [7, 11) is 1.59. The lowest BCUT2D eigenvalue weighted by molar-refractivity contribution is -0.121. The quantitative estimate of drug-likeness (QED) is 0.667. The smallest absolute Gasteiger partial charge is 0.219 e. The highest BCUT2D eigenvalue weighted by molar-refractivity contribution is 6.09. The lowest BCUT2D eigenvalue weighted by Gasteiger charge is -2.15. The first-order valence-corrected chi connectivity index (χ1v) is 8.82. The van der Waals surface area contributed by atoms with Gasteiger partial charge in [-0.3, -0.25) is 4.79 Å². The van der Waals surface area contributed by atoms with Crippen molar-refractivity contribution in [3.8, 4) is 0 Å². The molecule has 0 aliphatic rings. The van der Waals surface area contributed by atoms with E-state index in [0.717, 1.165) is 22.6 Å². The third-order valence-corrected chi connectivity index (χ3v) is 4.79. The van der Waals surface area contributed by atoms with E-state index in [1.807, 2.05) is 22.8 Å². The average molecular weight is 352 g/mol. The summed E-state index contributed by atoms with van der Waals surface area (Å²) in [4.78, 5) is 28.0. The number of hydrogen-bond donors (Lipinski definition) is 2. The number of pyridine rings is 1. The molecule has 3 aromatic rings. The van der Waals surface area contributed by atoms with Gasteiger partial charge >= 0.3 is 0 Å². The van der Waals surface area contributed by atoms with E-state index in [2.05, 4.69) is 30.2 Å². The van der Waals surface area contributed by atoms with Gasteiger partial charge in [-0.2, -0.15) is 0 Å². The Bertz CT molecular complexity index is 975. The largest absolute Gasteiger partial charge is 0.384 e. The summed E-state index contributed by atoms with van der Waals surface area (Å²) in [6.45, 7) is 4.29. The van der Waals surface area contributed by atoms with Crippen LogP contribution in [-0.4, -0.2) is 28.8 Å². The van der Waals surface area contributed by atoms with Crippen LogP contribution in [0.3, 0.4) is 0 Å². The molecule has 2 heterocycles. The van der Waals surface area contributed by atoms with Gasteiger partial charge in [0.15, 0.2) is 0 Å². The van der Waals surface area contributed by atoms with Crippen LogP contribution in [0, 0.1) is 0 Å². The predicted octanol–water partition coefficient (Wildman–Crippen LogP) is 3.16. The van der Waals surface area contributed by atoms with E-state index in [0.29, 0.717) is 23.8 Å². The number of aromatic nitrogens is 2. The number of rotatable bonds is 6. The first-order valence-electron chi connectivity index (χ1n) is 8.82. The molecule has 0 aliphatic carbocycles. The van der Waals surface area contributed by atoms with Crippen molar-refractivity contribution in [1.82, 2.24) is 14.9 Å². The van der Waals surface area contributed by atoms with Crippen molar-refractivity contribution in [2.45, 2.75) is 38.6 Å². The number of nitrogen functional groups attached to an aromatic ring is 1. The number of nitrogens with one attached hydrogen (secondary N) is 1. The molecule has 6 heteroatoms. The number of hydrogen-bond acceptors (Lipinski definition) is 4. The maximum absolute atomic E-state index is 11.9. The molecule has 1 aromatic carbocycles. The fraction of sp³-hybridized carbons (Fsp3) is 0.350. The van der Waals surface area contributed by atoms with Crippen LogP contribution in [0.2, 0.25) is 0 Å². The molecule has 3 rings (SSSR count). The van der Waals surface area contributed by atoms with Gasteiger partial charge in [-0.05, 0) is 36.1 Å². The number of fused-ring (bicyclic) bond motifs is 3. The third kappa shape index (κ3) is 3.03. The summed E-state index contributed by atoms with van der Waals surface area (Å²) in [6.07, 6.45) is 1.56. The van der Waals surface area contributed by atoms with Crippen molar-refractivity contribution < 1.29 is 9.59 Å². The molecule has 1 amide bonds. The van der Waals surface area contributed by atoms with E-state index < -0.39 is 6.04 Å². The molecule has 136 valence electrons. The minimum absolute atomic E-state index is 0.0899. The number of carbonyl (C=O) groups excluding carboxylic acids is 2. The van der Waals surface area contributed by atoms with Gasteiger partial charge in [0.25, 0.3) is 0 Å². The predicted molar refractivity (Wildman–Crippen MR) is 104 cm³/mol. The minimum Gasteiger partial charge on any atom is -0.384 e. The molecular formula is C20H24N4O2. The molecule has 6 nitrogen and oxygen atoms in total. The number of anilines is 1. The minimum atomic E-state index is -0.482. The Balaban J connectivity index is 2.28. The van der Waals surface area contributed by atoms with Crippen molar-refractivity contribution >= 4 is 39.9 Å². The van der Waals surface area contributed by atoms with Crippen LogP contribution in [0.5, 0.6) is 0 Å². The van der Waals surface area contributed by atoms with Crippen LogP contribution in [-0.2, 0) is 9.59 Å². The van der Waals surface area contributed by atoms with Crippen molar-refractivity contribution in [2.24, 2.45) is 0 Å². The Morgan fingerprint density at radius 2 is 2.08 bits per heavy atom. The molecule has 26 heavy (non-hydrogen) atoms. The highest BCUT2D eigenvalue weighted by Crippen LogP contribution is 2.36.